The lowest BCUT2D eigenvalue weighted by Gasteiger charge is -2.62. The van der Waals surface area contributed by atoms with Gasteiger partial charge in [0.05, 0.1) is 24.4 Å². The van der Waals surface area contributed by atoms with Crippen molar-refractivity contribution >= 4 is 5.91 Å². The largest absolute Gasteiger partial charge is 0.393 e. The minimum atomic E-state index is -0.223. The molecule has 0 bridgehead atoms. The van der Waals surface area contributed by atoms with Crippen LogP contribution in [0.15, 0.2) is 24.4 Å². The fraction of sp³-hybridized carbons (Fsp3) is 0.800. The molecule has 4 fully saturated rings. The predicted molar refractivity (Wildman–Crippen MR) is 137 cm³/mol. The van der Waals surface area contributed by atoms with Crippen LogP contribution in [-0.4, -0.2) is 33.3 Å². The van der Waals surface area contributed by atoms with E-state index in [2.05, 4.69) is 31.1 Å². The highest BCUT2D eigenvalue weighted by Gasteiger charge is 2.62. The van der Waals surface area contributed by atoms with E-state index in [-0.39, 0.29) is 28.9 Å². The molecule has 194 valence electrons. The van der Waals surface area contributed by atoms with E-state index in [0.717, 1.165) is 37.8 Å². The van der Waals surface area contributed by atoms with Crippen LogP contribution in [-0.2, 0) is 11.3 Å². The summed E-state index contributed by atoms with van der Waals surface area (Å²) in [6, 6.07) is 5.78. The van der Waals surface area contributed by atoms with Crippen LogP contribution in [0.2, 0.25) is 0 Å². The molecular weight excluding hydrogens is 436 g/mol. The topological polar surface area (TPSA) is 82.5 Å². The monoisotopic (exact) mass is 482 g/mol. The summed E-state index contributed by atoms with van der Waals surface area (Å²) in [7, 11) is 0. The van der Waals surface area contributed by atoms with E-state index in [1.165, 1.54) is 25.7 Å². The van der Waals surface area contributed by atoms with Gasteiger partial charge in [0.15, 0.2) is 0 Å². The van der Waals surface area contributed by atoms with Crippen molar-refractivity contribution in [3.8, 4) is 0 Å². The van der Waals surface area contributed by atoms with Crippen LogP contribution in [0.4, 0.5) is 0 Å². The maximum atomic E-state index is 12.5. The molecule has 5 nitrogen and oxygen atoms in total. The number of nitrogens with one attached hydrogen (secondary N) is 1. The minimum absolute atomic E-state index is 0.118. The van der Waals surface area contributed by atoms with Crippen LogP contribution in [0, 0.1) is 46.3 Å². The van der Waals surface area contributed by atoms with Gasteiger partial charge in [0.2, 0.25) is 5.91 Å². The second-order valence-electron chi connectivity index (χ2n) is 13.1. The quantitative estimate of drug-likeness (QED) is 0.527. The van der Waals surface area contributed by atoms with Crippen molar-refractivity contribution in [2.75, 3.05) is 0 Å². The van der Waals surface area contributed by atoms with Crippen molar-refractivity contribution in [1.82, 2.24) is 10.3 Å². The zero-order valence-corrected chi connectivity index (χ0v) is 22.0. The Morgan fingerprint density at radius 2 is 1.86 bits per heavy atom. The number of rotatable bonds is 6. The van der Waals surface area contributed by atoms with E-state index in [0.29, 0.717) is 48.5 Å². The first-order valence-electron chi connectivity index (χ1n) is 14.2. The highest BCUT2D eigenvalue weighted by atomic mass is 16.3. The Kier molecular flexibility index (Phi) is 7.04. The summed E-state index contributed by atoms with van der Waals surface area (Å²) in [6.07, 6.45) is 11.6. The van der Waals surface area contributed by atoms with Crippen LogP contribution < -0.4 is 5.32 Å². The molecule has 0 unspecified atom stereocenters. The molecule has 0 aromatic carbocycles. The summed E-state index contributed by atoms with van der Waals surface area (Å²) >= 11 is 0. The standard InChI is InChI=1S/C30H46N2O3/c1-19(7-10-27(35)32-18-21-6-4-5-15-31-21)23-8-9-24-28-25(12-14-30(23,24)3)29(2)13-11-22(33)16-20(29)17-26(28)34/h4-6,15,19-20,22-26,28,33-34H,7-14,16-18H2,1-3H3,(H,32,35)/t19-,20+,22-,23+,24-,25+,26+,28-,29+,30-/m1/s1. The zero-order chi connectivity index (χ0) is 24.8. The van der Waals surface area contributed by atoms with Gasteiger partial charge in [-0.1, -0.05) is 26.8 Å². The SMILES string of the molecule is C[C@H](CCC(=O)NCc1ccccn1)[C@@H]1CC[C@@H]2[C@H]3[C@@H](O)C[C@@H]4C[C@H](O)CC[C@]4(C)[C@H]3CC[C@@]21C. The number of amides is 1. The number of nitrogens with zero attached hydrogens (tertiary/aromatic N) is 1. The van der Waals surface area contributed by atoms with Crippen molar-refractivity contribution in [2.45, 2.75) is 104 Å². The van der Waals surface area contributed by atoms with Gasteiger partial charge < -0.3 is 15.5 Å². The van der Waals surface area contributed by atoms with Crippen LogP contribution >= 0.6 is 0 Å². The van der Waals surface area contributed by atoms with Gasteiger partial charge in [0, 0.05) is 12.6 Å². The lowest BCUT2D eigenvalue weighted by molar-refractivity contribution is -0.174. The molecule has 0 spiro atoms. The first-order valence-corrected chi connectivity index (χ1v) is 14.2. The van der Waals surface area contributed by atoms with Crippen molar-refractivity contribution in [2.24, 2.45) is 46.3 Å². The van der Waals surface area contributed by atoms with Crippen molar-refractivity contribution in [3.63, 3.8) is 0 Å². The Bertz CT molecular complexity index is 893. The molecule has 5 rings (SSSR count). The maximum absolute atomic E-state index is 12.5. The number of hydrogen-bond acceptors (Lipinski definition) is 4. The van der Waals surface area contributed by atoms with Crippen LogP contribution in [0.1, 0.15) is 90.7 Å². The number of aromatic nitrogens is 1. The molecule has 4 saturated carbocycles. The summed E-state index contributed by atoms with van der Waals surface area (Å²) in [6.45, 7) is 7.84. The number of aliphatic hydroxyl groups excluding tert-OH is 2. The zero-order valence-electron chi connectivity index (χ0n) is 22.0. The number of pyridine rings is 1. The molecule has 35 heavy (non-hydrogen) atoms. The van der Waals surface area contributed by atoms with Gasteiger partial charge in [-0.25, -0.2) is 0 Å². The van der Waals surface area contributed by atoms with E-state index < -0.39 is 0 Å². The number of fused-ring (bicyclic) bond motifs is 5. The van der Waals surface area contributed by atoms with Crippen molar-refractivity contribution in [1.29, 1.82) is 0 Å². The average molecular weight is 483 g/mol. The van der Waals surface area contributed by atoms with Gasteiger partial charge in [-0.3, -0.25) is 9.78 Å². The molecule has 5 heteroatoms. The Labute approximate surface area is 211 Å². The first-order chi connectivity index (χ1) is 16.7. The third kappa shape index (κ3) is 4.56. The summed E-state index contributed by atoms with van der Waals surface area (Å²) in [5, 5.41) is 24.8. The van der Waals surface area contributed by atoms with E-state index in [4.69, 9.17) is 0 Å². The lowest BCUT2D eigenvalue weighted by atomic mass is 9.43. The molecule has 3 N–H and O–H groups in total. The number of carbonyl (C=O) groups excluding carboxylic acids is 1. The van der Waals surface area contributed by atoms with Gasteiger partial charge in [0.1, 0.15) is 0 Å². The normalized spacial score (nSPS) is 43.5. The highest BCUT2D eigenvalue weighted by molar-refractivity contribution is 5.75. The summed E-state index contributed by atoms with van der Waals surface area (Å²) in [5.41, 5.74) is 1.44. The molecular formula is C30H46N2O3. The van der Waals surface area contributed by atoms with Gasteiger partial charge in [-0.2, -0.15) is 0 Å². The highest BCUT2D eigenvalue weighted by Crippen LogP contribution is 2.68. The molecule has 10 atom stereocenters. The van der Waals surface area contributed by atoms with E-state index in [1.54, 1.807) is 6.20 Å². The molecule has 0 aliphatic heterocycles. The predicted octanol–water partition coefficient (Wildman–Crippen LogP) is 5.10. The van der Waals surface area contributed by atoms with Crippen LogP contribution in [0.5, 0.6) is 0 Å². The van der Waals surface area contributed by atoms with Gasteiger partial charge in [-0.15, -0.1) is 0 Å². The lowest BCUT2D eigenvalue weighted by Crippen LogP contribution is -2.58. The molecule has 1 aromatic heterocycles. The minimum Gasteiger partial charge on any atom is -0.393 e. The van der Waals surface area contributed by atoms with E-state index in [9.17, 15) is 15.0 Å². The molecule has 4 aliphatic carbocycles. The Morgan fingerprint density at radius 1 is 1.09 bits per heavy atom. The molecule has 1 heterocycles. The molecule has 0 saturated heterocycles. The second-order valence-corrected chi connectivity index (χ2v) is 13.1. The van der Waals surface area contributed by atoms with E-state index >= 15 is 0 Å². The summed E-state index contributed by atoms with van der Waals surface area (Å²) < 4.78 is 0. The summed E-state index contributed by atoms with van der Waals surface area (Å²) in [5.74, 6) is 3.31. The smallest absolute Gasteiger partial charge is 0.220 e. The summed E-state index contributed by atoms with van der Waals surface area (Å²) in [4.78, 5) is 16.8. The number of hydrogen-bond donors (Lipinski definition) is 3. The van der Waals surface area contributed by atoms with Gasteiger partial charge in [-0.05, 0) is 116 Å². The Morgan fingerprint density at radius 3 is 2.63 bits per heavy atom. The van der Waals surface area contributed by atoms with Crippen molar-refractivity contribution in [3.05, 3.63) is 30.1 Å². The van der Waals surface area contributed by atoms with Crippen LogP contribution in [0.3, 0.4) is 0 Å². The maximum Gasteiger partial charge on any atom is 0.220 e. The third-order valence-corrected chi connectivity index (χ3v) is 11.4. The molecule has 1 amide bonds. The first kappa shape index (κ1) is 25.2. The van der Waals surface area contributed by atoms with Crippen LogP contribution in [0.25, 0.3) is 0 Å². The second kappa shape index (κ2) is 9.78. The Hall–Kier alpha value is -1.46. The van der Waals surface area contributed by atoms with Gasteiger partial charge >= 0.3 is 0 Å². The van der Waals surface area contributed by atoms with Gasteiger partial charge in [0.25, 0.3) is 0 Å². The fourth-order valence-electron chi connectivity index (χ4n) is 9.52. The average Bonchev–Trinajstić information content (AvgIpc) is 3.20. The van der Waals surface area contributed by atoms with E-state index in [1.807, 2.05) is 18.2 Å². The third-order valence-electron chi connectivity index (χ3n) is 11.4. The fourth-order valence-corrected chi connectivity index (χ4v) is 9.52. The Balaban J connectivity index is 1.21. The van der Waals surface area contributed by atoms with Crippen molar-refractivity contribution < 1.29 is 15.0 Å². The molecule has 1 aromatic rings. The molecule has 4 aliphatic rings. The number of carbonyl (C=O) groups is 1. The molecule has 0 radical (unpaired) electrons. The number of aliphatic hydroxyl groups is 2.